The van der Waals surface area contributed by atoms with Gasteiger partial charge < -0.3 is 10.2 Å². The van der Waals surface area contributed by atoms with Crippen LogP contribution in [0.5, 0.6) is 0 Å². The molecule has 3 fully saturated rings. The molecule has 2 atom stereocenters. The van der Waals surface area contributed by atoms with Gasteiger partial charge in [-0.15, -0.1) is 0 Å². The number of nitrogens with zero attached hydrogens (tertiary/aromatic N) is 2. The molecule has 6 nitrogen and oxygen atoms in total. The first-order valence-electron chi connectivity index (χ1n) is 10.5. The number of nitrogens with one attached hydrogen (secondary N) is 1. The second-order valence-corrected chi connectivity index (χ2v) is 10.0. The Labute approximate surface area is 163 Å². The SMILES string of the molecule is CC1CC(C)(C)CC2(C1)NC(=O)N(CC(=O)N(C)CC1CCCCC1)C2=O. The topological polar surface area (TPSA) is 69.7 Å². The summed E-state index contributed by atoms with van der Waals surface area (Å²) < 4.78 is 0. The summed E-state index contributed by atoms with van der Waals surface area (Å²) in [6, 6.07) is -0.413. The van der Waals surface area contributed by atoms with E-state index >= 15 is 0 Å². The average molecular weight is 378 g/mol. The van der Waals surface area contributed by atoms with E-state index in [1.54, 1.807) is 11.9 Å². The molecule has 0 aromatic rings. The molecule has 0 aromatic carbocycles. The third kappa shape index (κ3) is 4.30. The van der Waals surface area contributed by atoms with Crippen LogP contribution in [0.15, 0.2) is 0 Å². The van der Waals surface area contributed by atoms with Gasteiger partial charge in [0.25, 0.3) is 5.91 Å². The largest absolute Gasteiger partial charge is 0.344 e. The number of carbonyl (C=O) groups excluding carboxylic acids is 3. The quantitative estimate of drug-likeness (QED) is 0.765. The molecule has 2 aliphatic carbocycles. The first kappa shape index (κ1) is 20.2. The molecule has 152 valence electrons. The van der Waals surface area contributed by atoms with Crippen LogP contribution in [0.4, 0.5) is 4.79 Å². The fourth-order valence-corrected chi connectivity index (χ4v) is 5.76. The van der Waals surface area contributed by atoms with E-state index in [0.717, 1.165) is 30.7 Å². The molecule has 0 aromatic heterocycles. The number of hydrogen-bond donors (Lipinski definition) is 1. The van der Waals surface area contributed by atoms with Crippen molar-refractivity contribution in [2.45, 2.75) is 77.7 Å². The van der Waals surface area contributed by atoms with Gasteiger partial charge in [0.1, 0.15) is 12.1 Å². The van der Waals surface area contributed by atoms with Crippen LogP contribution in [0, 0.1) is 17.3 Å². The number of urea groups is 1. The molecular weight excluding hydrogens is 342 g/mol. The lowest BCUT2D eigenvalue weighted by molar-refractivity contribution is -0.140. The number of likely N-dealkylation sites (N-methyl/N-ethyl adjacent to an activating group) is 1. The Morgan fingerprint density at radius 1 is 1.19 bits per heavy atom. The molecule has 4 amide bonds. The van der Waals surface area contributed by atoms with E-state index < -0.39 is 11.6 Å². The van der Waals surface area contributed by atoms with Crippen LogP contribution in [0.2, 0.25) is 0 Å². The zero-order valence-electron chi connectivity index (χ0n) is 17.3. The van der Waals surface area contributed by atoms with Gasteiger partial charge in [-0.1, -0.05) is 40.0 Å². The highest BCUT2D eigenvalue weighted by molar-refractivity contribution is 6.09. The third-order valence-corrected chi connectivity index (χ3v) is 6.60. The third-order valence-electron chi connectivity index (χ3n) is 6.60. The average Bonchev–Trinajstić information content (AvgIpc) is 2.77. The molecule has 6 heteroatoms. The fourth-order valence-electron chi connectivity index (χ4n) is 5.76. The van der Waals surface area contributed by atoms with Crippen molar-refractivity contribution in [3.05, 3.63) is 0 Å². The second kappa shape index (κ2) is 7.44. The van der Waals surface area contributed by atoms with Crippen molar-refractivity contribution in [1.82, 2.24) is 15.1 Å². The van der Waals surface area contributed by atoms with Crippen molar-refractivity contribution in [2.24, 2.45) is 17.3 Å². The maximum atomic E-state index is 13.1. The van der Waals surface area contributed by atoms with Crippen LogP contribution < -0.4 is 5.32 Å². The van der Waals surface area contributed by atoms with E-state index in [1.807, 2.05) is 0 Å². The number of hydrogen-bond acceptors (Lipinski definition) is 3. The Morgan fingerprint density at radius 2 is 1.85 bits per heavy atom. The molecule has 27 heavy (non-hydrogen) atoms. The molecule has 0 radical (unpaired) electrons. The predicted octanol–water partition coefficient (Wildman–Crippen LogP) is 3.16. The van der Waals surface area contributed by atoms with E-state index in [2.05, 4.69) is 26.1 Å². The van der Waals surface area contributed by atoms with Gasteiger partial charge in [-0.3, -0.25) is 14.5 Å². The van der Waals surface area contributed by atoms with Crippen molar-refractivity contribution in [1.29, 1.82) is 0 Å². The lowest BCUT2D eigenvalue weighted by Crippen LogP contribution is -2.54. The van der Waals surface area contributed by atoms with Crippen LogP contribution in [0.1, 0.15) is 72.1 Å². The van der Waals surface area contributed by atoms with Crippen LogP contribution >= 0.6 is 0 Å². The van der Waals surface area contributed by atoms with Gasteiger partial charge in [0.15, 0.2) is 0 Å². The minimum atomic E-state index is -0.833. The van der Waals surface area contributed by atoms with Crippen molar-refractivity contribution in [2.75, 3.05) is 20.1 Å². The normalized spacial score (nSPS) is 31.3. The molecule has 1 spiro atoms. The van der Waals surface area contributed by atoms with Crippen molar-refractivity contribution in [3.63, 3.8) is 0 Å². The highest BCUT2D eigenvalue weighted by Crippen LogP contribution is 2.46. The van der Waals surface area contributed by atoms with Crippen LogP contribution in [0.3, 0.4) is 0 Å². The van der Waals surface area contributed by atoms with Crippen LogP contribution in [-0.2, 0) is 9.59 Å². The number of rotatable bonds is 4. The number of carbonyl (C=O) groups is 3. The Hall–Kier alpha value is -1.59. The maximum absolute atomic E-state index is 13.1. The first-order valence-corrected chi connectivity index (χ1v) is 10.5. The summed E-state index contributed by atoms with van der Waals surface area (Å²) in [6.45, 7) is 7.00. The zero-order chi connectivity index (χ0) is 19.8. The molecule has 0 bridgehead atoms. The van der Waals surface area contributed by atoms with Crippen molar-refractivity contribution >= 4 is 17.8 Å². The molecule has 3 rings (SSSR count). The van der Waals surface area contributed by atoms with Gasteiger partial charge in [-0.25, -0.2) is 4.79 Å². The number of amides is 4. The fraction of sp³-hybridized carbons (Fsp3) is 0.857. The van der Waals surface area contributed by atoms with Gasteiger partial charge in [0.05, 0.1) is 0 Å². The van der Waals surface area contributed by atoms with Gasteiger partial charge >= 0.3 is 6.03 Å². The molecule has 2 unspecified atom stereocenters. The Kier molecular flexibility index (Phi) is 5.55. The Morgan fingerprint density at radius 3 is 2.48 bits per heavy atom. The molecular formula is C21H35N3O3. The lowest BCUT2D eigenvalue weighted by Gasteiger charge is -2.43. The summed E-state index contributed by atoms with van der Waals surface area (Å²) in [5.74, 6) is 0.542. The molecule has 1 aliphatic heterocycles. The van der Waals surface area contributed by atoms with Crippen molar-refractivity contribution < 1.29 is 14.4 Å². The predicted molar refractivity (Wildman–Crippen MR) is 104 cm³/mol. The van der Waals surface area contributed by atoms with E-state index in [4.69, 9.17) is 0 Å². The molecule has 2 saturated carbocycles. The molecule has 3 aliphatic rings. The first-order chi connectivity index (χ1) is 12.6. The Balaban J connectivity index is 1.64. The van der Waals surface area contributed by atoms with Gasteiger partial charge in [-0.2, -0.15) is 0 Å². The van der Waals surface area contributed by atoms with Gasteiger partial charge in [0.2, 0.25) is 5.91 Å². The standard InChI is InChI=1S/C21H35N3O3/c1-15-10-20(2,3)14-21(11-15)18(26)24(19(27)22-21)13-17(25)23(4)12-16-8-6-5-7-9-16/h15-16H,5-14H2,1-4H3,(H,22,27). The summed E-state index contributed by atoms with van der Waals surface area (Å²) in [6.07, 6.45) is 8.41. The van der Waals surface area contributed by atoms with E-state index in [9.17, 15) is 14.4 Å². The van der Waals surface area contributed by atoms with Crippen LogP contribution in [-0.4, -0.2) is 53.3 Å². The smallest absolute Gasteiger partial charge is 0.325 e. The summed E-state index contributed by atoms with van der Waals surface area (Å²) in [7, 11) is 1.79. The van der Waals surface area contributed by atoms with Gasteiger partial charge in [0, 0.05) is 13.6 Å². The zero-order valence-corrected chi connectivity index (χ0v) is 17.3. The highest BCUT2D eigenvalue weighted by Gasteiger charge is 2.56. The van der Waals surface area contributed by atoms with Gasteiger partial charge in [-0.05, 0) is 49.4 Å². The van der Waals surface area contributed by atoms with Crippen molar-refractivity contribution in [3.8, 4) is 0 Å². The molecule has 1 heterocycles. The van der Waals surface area contributed by atoms with E-state index in [-0.39, 0.29) is 23.8 Å². The monoisotopic (exact) mass is 377 g/mol. The second-order valence-electron chi connectivity index (χ2n) is 10.0. The summed E-state index contributed by atoms with van der Waals surface area (Å²) in [5.41, 5.74) is -0.834. The summed E-state index contributed by atoms with van der Waals surface area (Å²) in [4.78, 5) is 41.2. The molecule has 1 saturated heterocycles. The minimum absolute atomic E-state index is 0.00159. The summed E-state index contributed by atoms with van der Waals surface area (Å²) >= 11 is 0. The highest BCUT2D eigenvalue weighted by atomic mass is 16.2. The Bertz CT molecular complexity index is 612. The molecule has 1 N–H and O–H groups in total. The summed E-state index contributed by atoms with van der Waals surface area (Å²) in [5, 5.41) is 2.95. The van der Waals surface area contributed by atoms with E-state index in [1.165, 1.54) is 19.3 Å². The number of imide groups is 1. The van der Waals surface area contributed by atoms with E-state index in [0.29, 0.717) is 24.7 Å². The maximum Gasteiger partial charge on any atom is 0.325 e. The van der Waals surface area contributed by atoms with Crippen LogP contribution in [0.25, 0.3) is 0 Å². The lowest BCUT2D eigenvalue weighted by atomic mass is 9.64. The minimum Gasteiger partial charge on any atom is -0.344 e.